The summed E-state index contributed by atoms with van der Waals surface area (Å²) in [6.45, 7) is 18.1. The zero-order chi connectivity index (χ0) is 38.9. The van der Waals surface area contributed by atoms with E-state index in [9.17, 15) is 9.59 Å². The van der Waals surface area contributed by atoms with Crippen LogP contribution >= 0.6 is 12.4 Å². The van der Waals surface area contributed by atoms with Crippen LogP contribution in [-0.2, 0) is 20.4 Å². The van der Waals surface area contributed by atoms with E-state index >= 15 is 0 Å². The van der Waals surface area contributed by atoms with Crippen molar-refractivity contribution in [3.8, 4) is 11.5 Å². The Bertz CT molecular complexity index is 1870. The summed E-state index contributed by atoms with van der Waals surface area (Å²) in [4.78, 5) is 35.2. The van der Waals surface area contributed by atoms with E-state index in [0.717, 1.165) is 81.8 Å². The van der Waals surface area contributed by atoms with Crippen molar-refractivity contribution in [1.82, 2.24) is 20.6 Å². The van der Waals surface area contributed by atoms with Gasteiger partial charge in [-0.25, -0.2) is 0 Å². The average molecular weight is 764 g/mol. The monoisotopic (exact) mass is 763 g/mol. The van der Waals surface area contributed by atoms with Gasteiger partial charge in [-0.1, -0.05) is 53.7 Å². The van der Waals surface area contributed by atoms with Crippen LogP contribution in [0.3, 0.4) is 0 Å². The van der Waals surface area contributed by atoms with E-state index in [-0.39, 0.29) is 53.6 Å². The molecule has 2 aromatic heterocycles. The number of methoxy groups -OCH3 is 2. The number of hydrogen-bond acceptors (Lipinski definition) is 9. The molecule has 0 aliphatic heterocycles. The molecule has 0 radical (unpaired) electrons. The molecule has 0 aliphatic carbocycles. The van der Waals surface area contributed by atoms with Gasteiger partial charge in [0.25, 0.3) is 0 Å². The standard InChI is InChI=1S/C42H61N7O4.ClH/c1-26(46-33-23-30(52-9)21-28-15-17-35(41(3,4)5)48-38(28)33)13-11-19-44-37(50)25-32(43)40(51)45-20-12-14-27(2)47-34-24-31(53-10)22-29-16-18-36(42(6,7)8)49-39(29)34;/h15-18,21-24,26-27,32,46-47H,11-14,19-20,25,43H2,1-10H3,(H,44,50)(H,45,51);1H/t26?,27?,32-;/m0./s1. The molecular weight excluding hydrogens is 702 g/mol. The van der Waals surface area contributed by atoms with E-state index in [1.165, 1.54) is 0 Å². The predicted molar refractivity (Wildman–Crippen MR) is 224 cm³/mol. The quantitative estimate of drug-likeness (QED) is 0.0684. The lowest BCUT2D eigenvalue weighted by Crippen LogP contribution is -2.44. The lowest BCUT2D eigenvalue weighted by atomic mass is 9.91. The van der Waals surface area contributed by atoms with Gasteiger partial charge in [0, 0.05) is 70.3 Å². The molecule has 2 aromatic carbocycles. The van der Waals surface area contributed by atoms with E-state index in [1.807, 2.05) is 24.3 Å². The molecule has 0 fully saturated rings. The van der Waals surface area contributed by atoms with Crippen molar-refractivity contribution in [2.24, 2.45) is 5.73 Å². The van der Waals surface area contributed by atoms with Crippen molar-refractivity contribution in [1.29, 1.82) is 0 Å². The topological polar surface area (TPSA) is 153 Å². The van der Waals surface area contributed by atoms with Crippen LogP contribution in [0.25, 0.3) is 21.8 Å². The molecule has 2 unspecified atom stereocenters. The third kappa shape index (κ3) is 12.3. The lowest BCUT2D eigenvalue weighted by molar-refractivity contribution is -0.127. The molecule has 2 heterocycles. The number of pyridine rings is 2. The van der Waals surface area contributed by atoms with E-state index in [0.29, 0.717) is 13.1 Å². The SMILES string of the molecule is COc1cc(NC(C)CCCNC(=O)C[C@H](N)C(=O)NCCCC(C)Nc2cc(OC)cc3ccc(C(C)(C)C)nc23)c2nc(C(C)(C)C)ccc2c1.Cl. The normalized spacial score (nSPS) is 13.4. The van der Waals surface area contributed by atoms with Gasteiger partial charge < -0.3 is 36.5 Å². The van der Waals surface area contributed by atoms with Crippen molar-refractivity contribution < 1.29 is 19.1 Å². The number of fused-ring (bicyclic) bond motifs is 2. The maximum absolute atomic E-state index is 12.7. The van der Waals surface area contributed by atoms with Crippen molar-refractivity contribution in [2.45, 2.75) is 116 Å². The van der Waals surface area contributed by atoms with E-state index in [4.69, 9.17) is 25.2 Å². The molecule has 0 saturated heterocycles. The Hall–Kier alpha value is -4.35. The number of hydrogen-bond donors (Lipinski definition) is 5. The molecular formula is C42H62ClN7O4. The number of nitrogens with one attached hydrogen (secondary N) is 4. The maximum Gasteiger partial charge on any atom is 0.237 e. The minimum absolute atomic E-state index is 0. The smallest absolute Gasteiger partial charge is 0.237 e. The minimum Gasteiger partial charge on any atom is -0.497 e. The number of nitrogens with zero attached hydrogens (tertiary/aromatic N) is 2. The first kappa shape index (κ1) is 44.0. The summed E-state index contributed by atoms with van der Waals surface area (Å²) >= 11 is 0. The second kappa shape index (κ2) is 19.3. The van der Waals surface area contributed by atoms with Gasteiger partial charge in [-0.2, -0.15) is 0 Å². The van der Waals surface area contributed by atoms with Crippen LogP contribution in [0.15, 0.2) is 48.5 Å². The van der Waals surface area contributed by atoms with Gasteiger partial charge >= 0.3 is 0 Å². The molecule has 0 saturated carbocycles. The first-order valence-corrected chi connectivity index (χ1v) is 18.8. The Balaban J connectivity index is 0.00000784. The van der Waals surface area contributed by atoms with Crippen molar-refractivity contribution in [3.05, 3.63) is 59.9 Å². The Morgan fingerprint density at radius 1 is 0.704 bits per heavy atom. The van der Waals surface area contributed by atoms with Gasteiger partial charge in [0.05, 0.1) is 49.1 Å². The van der Waals surface area contributed by atoms with Gasteiger partial charge in [-0.15, -0.1) is 12.4 Å². The van der Waals surface area contributed by atoms with Gasteiger partial charge in [0.1, 0.15) is 11.5 Å². The molecule has 12 heteroatoms. The second-order valence-corrected chi connectivity index (χ2v) is 16.2. The molecule has 11 nitrogen and oxygen atoms in total. The zero-order valence-electron chi connectivity index (χ0n) is 33.8. The Kier molecular flexibility index (Phi) is 15.7. The highest BCUT2D eigenvalue weighted by molar-refractivity contribution is 5.93. The average Bonchev–Trinajstić information content (AvgIpc) is 3.10. The Morgan fingerprint density at radius 3 is 1.54 bits per heavy atom. The summed E-state index contributed by atoms with van der Waals surface area (Å²) in [5.74, 6) is 0.963. The molecule has 6 N–H and O–H groups in total. The van der Waals surface area contributed by atoms with Gasteiger partial charge in [0.15, 0.2) is 0 Å². The van der Waals surface area contributed by atoms with Crippen molar-refractivity contribution >= 4 is 57.4 Å². The number of nitrogens with two attached hydrogens (primary N) is 1. The largest absolute Gasteiger partial charge is 0.497 e. The van der Waals surface area contributed by atoms with Crippen LogP contribution in [0.1, 0.15) is 98.9 Å². The Morgan fingerprint density at radius 2 is 1.13 bits per heavy atom. The minimum atomic E-state index is -0.913. The Labute approximate surface area is 327 Å². The highest BCUT2D eigenvalue weighted by Gasteiger charge is 2.20. The molecule has 4 aromatic rings. The molecule has 54 heavy (non-hydrogen) atoms. The van der Waals surface area contributed by atoms with Crippen LogP contribution in [0.4, 0.5) is 11.4 Å². The number of benzene rings is 2. The van der Waals surface area contributed by atoms with E-state index in [1.54, 1.807) is 14.2 Å². The van der Waals surface area contributed by atoms with Gasteiger partial charge in [0.2, 0.25) is 11.8 Å². The number of amides is 2. The molecule has 0 bridgehead atoms. The summed E-state index contributed by atoms with van der Waals surface area (Å²) in [5, 5.41) is 15.0. The number of aromatic nitrogens is 2. The molecule has 2 amide bonds. The molecule has 3 atom stereocenters. The highest BCUT2D eigenvalue weighted by atomic mass is 35.5. The fraction of sp³-hybridized carbons (Fsp3) is 0.524. The van der Waals surface area contributed by atoms with Crippen LogP contribution in [0.5, 0.6) is 11.5 Å². The van der Waals surface area contributed by atoms with Gasteiger partial charge in [-0.3, -0.25) is 19.6 Å². The molecule has 296 valence electrons. The van der Waals surface area contributed by atoms with E-state index < -0.39 is 6.04 Å². The molecule has 0 spiro atoms. The fourth-order valence-corrected chi connectivity index (χ4v) is 6.13. The summed E-state index contributed by atoms with van der Waals surface area (Å²) in [5.41, 5.74) is 11.6. The van der Waals surface area contributed by atoms with Crippen LogP contribution in [0, 0.1) is 0 Å². The fourth-order valence-electron chi connectivity index (χ4n) is 6.13. The third-order valence-corrected chi connectivity index (χ3v) is 9.34. The molecule has 0 aliphatic rings. The first-order valence-electron chi connectivity index (χ1n) is 18.8. The van der Waals surface area contributed by atoms with Crippen LogP contribution < -0.4 is 36.5 Å². The summed E-state index contributed by atoms with van der Waals surface area (Å²) in [7, 11) is 3.32. The number of halogens is 1. The van der Waals surface area contributed by atoms with Crippen molar-refractivity contribution in [3.63, 3.8) is 0 Å². The summed E-state index contributed by atoms with van der Waals surface area (Å²) in [6, 6.07) is 15.6. The molecule has 4 rings (SSSR count). The van der Waals surface area contributed by atoms with Crippen molar-refractivity contribution in [2.75, 3.05) is 37.9 Å². The number of carbonyl (C=O) groups excluding carboxylic acids is 2. The third-order valence-electron chi connectivity index (χ3n) is 9.34. The maximum atomic E-state index is 12.7. The predicted octanol–water partition coefficient (Wildman–Crippen LogP) is 7.63. The summed E-state index contributed by atoms with van der Waals surface area (Å²) in [6.07, 6.45) is 3.06. The van der Waals surface area contributed by atoms with Gasteiger partial charge in [-0.05, 0) is 63.8 Å². The number of carbonyl (C=O) groups is 2. The first-order chi connectivity index (χ1) is 25.0. The lowest BCUT2D eigenvalue weighted by Gasteiger charge is -2.21. The van der Waals surface area contributed by atoms with Crippen LogP contribution in [0.2, 0.25) is 0 Å². The number of rotatable bonds is 17. The second-order valence-electron chi connectivity index (χ2n) is 16.2. The van der Waals surface area contributed by atoms with Crippen LogP contribution in [-0.4, -0.2) is 67.2 Å². The zero-order valence-corrected chi connectivity index (χ0v) is 34.6. The number of anilines is 2. The van der Waals surface area contributed by atoms with E-state index in [2.05, 4.69) is 101 Å². The summed E-state index contributed by atoms with van der Waals surface area (Å²) < 4.78 is 11.1. The highest BCUT2D eigenvalue weighted by Crippen LogP contribution is 2.33. The number of ether oxygens (including phenoxy) is 2.